The maximum absolute atomic E-state index is 13.3. The van der Waals surface area contributed by atoms with Gasteiger partial charge in [0.05, 0.1) is 11.7 Å². The Morgan fingerprint density at radius 3 is 2.43 bits per heavy atom. The number of aliphatic hydroxyl groups excluding tert-OH is 2. The molecule has 0 spiro atoms. The normalized spacial score (nSPS) is 26.8. The molecule has 0 saturated carbocycles. The molecular formula is C25H30N4O8. The van der Waals surface area contributed by atoms with E-state index in [1.54, 1.807) is 32.0 Å². The molecule has 37 heavy (non-hydrogen) atoms. The second-order valence-electron chi connectivity index (χ2n) is 9.84. The third-order valence-corrected chi connectivity index (χ3v) is 7.53. The van der Waals surface area contributed by atoms with E-state index in [1.807, 2.05) is 0 Å². The van der Waals surface area contributed by atoms with E-state index in [9.17, 15) is 39.6 Å². The second kappa shape index (κ2) is 9.20. The van der Waals surface area contributed by atoms with Gasteiger partial charge in [-0.2, -0.15) is 0 Å². The fourth-order valence-electron chi connectivity index (χ4n) is 5.83. The Labute approximate surface area is 212 Å². The Morgan fingerprint density at radius 1 is 1.16 bits per heavy atom. The Balaban J connectivity index is 1.77. The lowest BCUT2D eigenvalue weighted by Crippen LogP contribution is -2.63. The van der Waals surface area contributed by atoms with Crippen molar-refractivity contribution >= 4 is 29.2 Å². The number of phenols is 1. The highest BCUT2D eigenvalue weighted by atomic mass is 16.3. The van der Waals surface area contributed by atoms with Gasteiger partial charge < -0.3 is 36.8 Å². The van der Waals surface area contributed by atoms with Gasteiger partial charge in [0, 0.05) is 24.4 Å². The first-order valence-corrected chi connectivity index (χ1v) is 11.9. The van der Waals surface area contributed by atoms with E-state index in [0.29, 0.717) is 17.6 Å². The zero-order chi connectivity index (χ0) is 27.4. The van der Waals surface area contributed by atoms with Crippen molar-refractivity contribution in [2.45, 2.75) is 37.8 Å². The van der Waals surface area contributed by atoms with E-state index in [4.69, 9.17) is 5.73 Å². The lowest BCUT2D eigenvalue weighted by Gasteiger charge is -2.50. The lowest BCUT2D eigenvalue weighted by atomic mass is 9.59. The molecule has 0 aliphatic heterocycles. The van der Waals surface area contributed by atoms with Crippen LogP contribution in [0.15, 0.2) is 34.8 Å². The number of nitrogens with one attached hydrogen (secondary N) is 2. The number of carbonyl (C=O) groups is 4. The number of anilines is 1. The highest BCUT2D eigenvalue weighted by molar-refractivity contribution is 6.39. The number of primary amides is 1. The number of phenolic OH excluding ortho intramolecular Hbond substituents is 1. The Bertz CT molecular complexity index is 1280. The molecule has 0 radical (unpaired) electrons. The molecule has 4 rings (SSSR count). The van der Waals surface area contributed by atoms with E-state index in [2.05, 4.69) is 10.6 Å². The van der Waals surface area contributed by atoms with Crippen LogP contribution < -0.4 is 16.4 Å². The number of likely N-dealkylation sites (N-methyl/N-ethyl adjacent to an activating group) is 2. The Morgan fingerprint density at radius 2 is 1.84 bits per heavy atom. The average Bonchev–Trinajstić information content (AvgIpc) is 2.82. The largest absolute Gasteiger partial charge is 0.510 e. The number of carbonyl (C=O) groups excluding carboxylic acids is 4. The summed E-state index contributed by atoms with van der Waals surface area (Å²) in [6.07, 6.45) is 0.469. The van der Waals surface area contributed by atoms with Crippen molar-refractivity contribution in [2.24, 2.45) is 17.6 Å². The van der Waals surface area contributed by atoms with Gasteiger partial charge in [0.1, 0.15) is 22.8 Å². The van der Waals surface area contributed by atoms with Gasteiger partial charge in [0.25, 0.3) is 5.91 Å². The molecule has 0 heterocycles. The topological polar surface area (TPSA) is 203 Å². The minimum atomic E-state index is -2.51. The van der Waals surface area contributed by atoms with Crippen molar-refractivity contribution in [3.63, 3.8) is 0 Å². The first-order chi connectivity index (χ1) is 17.3. The molecule has 1 aromatic rings. The van der Waals surface area contributed by atoms with Gasteiger partial charge in [-0.1, -0.05) is 6.07 Å². The van der Waals surface area contributed by atoms with Crippen molar-refractivity contribution in [1.82, 2.24) is 10.2 Å². The van der Waals surface area contributed by atoms with Crippen molar-refractivity contribution in [2.75, 3.05) is 26.0 Å². The van der Waals surface area contributed by atoms with Crippen LogP contribution in [-0.4, -0.2) is 81.1 Å². The van der Waals surface area contributed by atoms with Gasteiger partial charge in [-0.05, 0) is 57.0 Å². The van der Waals surface area contributed by atoms with Crippen LogP contribution in [0.5, 0.6) is 5.75 Å². The average molecular weight is 515 g/mol. The molecule has 0 saturated heterocycles. The summed E-state index contributed by atoms with van der Waals surface area (Å²) >= 11 is 0. The number of aromatic hydroxyl groups is 1. The standard InChI is InChI=1S/C25H30N4O8/c1-4-27-23(35)24(36)28-15-6-5-10-7-11-8-14-17(29(2)3)19(31)16(22(26)34)21(33)25(14,37)20(32)13(11)9-12(10)18(15)30/h5-6,11,14,17,30-32,37H,4,7-9H2,1-3H3,(H2,26,34)(H,27,35)(H,28,36)/t11?,14?,17-,25?/m0/s1. The molecule has 0 bridgehead atoms. The molecule has 8 N–H and O–H groups in total. The van der Waals surface area contributed by atoms with E-state index in [-0.39, 0.29) is 36.7 Å². The van der Waals surface area contributed by atoms with Gasteiger partial charge >= 0.3 is 11.8 Å². The third-order valence-electron chi connectivity index (χ3n) is 7.53. The van der Waals surface area contributed by atoms with Crippen LogP contribution >= 0.6 is 0 Å². The van der Waals surface area contributed by atoms with E-state index in [1.165, 1.54) is 6.07 Å². The zero-order valence-corrected chi connectivity index (χ0v) is 20.7. The van der Waals surface area contributed by atoms with Crippen LogP contribution in [0.25, 0.3) is 0 Å². The molecule has 0 aromatic heterocycles. The van der Waals surface area contributed by atoms with Crippen LogP contribution in [0.3, 0.4) is 0 Å². The number of aliphatic hydroxyl groups is 3. The zero-order valence-electron chi connectivity index (χ0n) is 20.7. The van der Waals surface area contributed by atoms with Crippen molar-refractivity contribution in [3.05, 3.63) is 45.9 Å². The predicted molar refractivity (Wildman–Crippen MR) is 130 cm³/mol. The van der Waals surface area contributed by atoms with Gasteiger partial charge in [-0.15, -0.1) is 0 Å². The summed E-state index contributed by atoms with van der Waals surface area (Å²) < 4.78 is 0. The molecule has 0 fully saturated rings. The number of hydrogen-bond donors (Lipinski definition) is 7. The molecule has 198 valence electrons. The van der Waals surface area contributed by atoms with E-state index in [0.717, 1.165) is 5.56 Å². The summed E-state index contributed by atoms with van der Waals surface area (Å²) in [5.41, 5.74) is 3.44. The van der Waals surface area contributed by atoms with Crippen LogP contribution in [0.2, 0.25) is 0 Å². The number of fused-ring (bicyclic) bond motifs is 3. The number of Topliss-reactive ketones (excluding diaryl/α,β-unsaturated/α-hetero) is 1. The van der Waals surface area contributed by atoms with Gasteiger partial charge in [-0.25, -0.2) is 0 Å². The Kier molecular flexibility index (Phi) is 6.51. The summed E-state index contributed by atoms with van der Waals surface area (Å²) in [6, 6.07) is 2.20. The molecule has 3 aliphatic carbocycles. The summed E-state index contributed by atoms with van der Waals surface area (Å²) in [5, 5.41) is 49.3. The van der Waals surface area contributed by atoms with Crippen LogP contribution in [0, 0.1) is 11.8 Å². The van der Waals surface area contributed by atoms with Gasteiger partial charge in [0.2, 0.25) is 5.78 Å². The first kappa shape index (κ1) is 26.2. The maximum Gasteiger partial charge on any atom is 0.313 e. The summed E-state index contributed by atoms with van der Waals surface area (Å²) in [6.45, 7) is 1.90. The number of nitrogens with zero attached hydrogens (tertiary/aromatic N) is 1. The lowest BCUT2D eigenvalue weighted by molar-refractivity contribution is -0.148. The molecule has 1 aromatic carbocycles. The quantitative estimate of drug-likeness (QED) is 0.158. The fraction of sp³-hybridized carbons (Fsp3) is 0.440. The molecule has 12 nitrogen and oxygen atoms in total. The van der Waals surface area contributed by atoms with Gasteiger partial charge in [-0.3, -0.25) is 24.1 Å². The SMILES string of the molecule is CCNC(=O)C(=O)Nc1ccc2c(c1O)CC1=C(O)C3(O)C(=O)C(C(N)=O)=C(O)[C@@H](N(C)C)C3CC1C2. The highest BCUT2D eigenvalue weighted by Gasteiger charge is 2.62. The monoisotopic (exact) mass is 514 g/mol. The number of hydrogen-bond acceptors (Lipinski definition) is 9. The number of benzene rings is 1. The van der Waals surface area contributed by atoms with Crippen LogP contribution in [0.1, 0.15) is 24.5 Å². The highest BCUT2D eigenvalue weighted by Crippen LogP contribution is 2.52. The van der Waals surface area contributed by atoms with E-state index < -0.39 is 58.2 Å². The number of rotatable bonds is 4. The summed E-state index contributed by atoms with van der Waals surface area (Å²) in [7, 11) is 3.22. The first-order valence-electron chi connectivity index (χ1n) is 11.9. The van der Waals surface area contributed by atoms with Crippen molar-refractivity contribution < 1.29 is 39.6 Å². The van der Waals surface area contributed by atoms with Crippen LogP contribution in [-0.2, 0) is 32.0 Å². The summed E-state index contributed by atoms with van der Waals surface area (Å²) in [5.74, 6) is -7.04. The smallest absolute Gasteiger partial charge is 0.313 e. The molecule has 4 atom stereocenters. The van der Waals surface area contributed by atoms with E-state index >= 15 is 0 Å². The minimum Gasteiger partial charge on any atom is -0.510 e. The molecule has 3 amide bonds. The van der Waals surface area contributed by atoms with Crippen molar-refractivity contribution in [3.8, 4) is 5.75 Å². The molecular weight excluding hydrogens is 484 g/mol. The Hall–Kier alpha value is -3.90. The molecule has 3 unspecified atom stereocenters. The number of amides is 3. The predicted octanol–water partition coefficient (Wildman–Crippen LogP) is -0.445. The number of ketones is 1. The maximum atomic E-state index is 13.3. The van der Waals surface area contributed by atoms with Crippen molar-refractivity contribution in [1.29, 1.82) is 0 Å². The molecule has 3 aliphatic rings. The summed E-state index contributed by atoms with van der Waals surface area (Å²) in [4.78, 5) is 50.8. The van der Waals surface area contributed by atoms with Gasteiger partial charge in [0.15, 0.2) is 5.60 Å². The molecule has 12 heteroatoms. The third kappa shape index (κ3) is 3.92. The minimum absolute atomic E-state index is 0.00812. The number of allylic oxidation sites excluding steroid dienone is 1. The number of nitrogens with two attached hydrogens (primary N) is 1. The van der Waals surface area contributed by atoms with Crippen LogP contribution in [0.4, 0.5) is 5.69 Å². The second-order valence-corrected chi connectivity index (χ2v) is 9.84. The fourth-order valence-corrected chi connectivity index (χ4v) is 5.83.